The van der Waals surface area contributed by atoms with Crippen molar-refractivity contribution in [3.05, 3.63) is 39.9 Å². The molecule has 0 amide bonds. The Morgan fingerprint density at radius 1 is 1.25 bits per heavy atom. The second-order valence-corrected chi connectivity index (χ2v) is 6.03. The van der Waals surface area contributed by atoms with Gasteiger partial charge in [-0.25, -0.2) is 9.18 Å². The van der Waals surface area contributed by atoms with Gasteiger partial charge in [0.15, 0.2) is 0 Å². The number of piperazine rings is 1. The predicted octanol–water partition coefficient (Wildman–Crippen LogP) is 1.52. The van der Waals surface area contributed by atoms with E-state index in [0.717, 1.165) is 38.8 Å². The maximum atomic E-state index is 14.6. The van der Waals surface area contributed by atoms with E-state index >= 15 is 0 Å². The largest absolute Gasteiger partial charge is 0.477 e. The van der Waals surface area contributed by atoms with E-state index in [-0.39, 0.29) is 10.9 Å². The van der Waals surface area contributed by atoms with Crippen molar-refractivity contribution in [2.45, 2.75) is 6.92 Å². The molecule has 0 spiro atoms. The molecule has 7 heteroatoms. The van der Waals surface area contributed by atoms with Crippen molar-refractivity contribution >= 4 is 22.6 Å². The minimum Gasteiger partial charge on any atom is -0.477 e. The third-order valence-electron chi connectivity index (χ3n) is 4.65. The van der Waals surface area contributed by atoms with Crippen molar-refractivity contribution in [1.29, 1.82) is 0 Å². The SMILES string of the molecule is CCN1CCN(c2cc3c(cc2F)c(=O)c(C(=O)O)cn3C)CC1. The van der Waals surface area contributed by atoms with Crippen LogP contribution in [0.5, 0.6) is 0 Å². The predicted molar refractivity (Wildman–Crippen MR) is 90.4 cm³/mol. The fourth-order valence-corrected chi connectivity index (χ4v) is 3.19. The Bertz CT molecular complexity index is 854. The van der Waals surface area contributed by atoms with Crippen LogP contribution in [-0.4, -0.2) is 53.3 Å². The number of anilines is 1. The van der Waals surface area contributed by atoms with E-state index in [9.17, 15) is 14.0 Å². The summed E-state index contributed by atoms with van der Waals surface area (Å²) in [7, 11) is 1.66. The highest BCUT2D eigenvalue weighted by Crippen LogP contribution is 2.25. The molecule has 0 bridgehead atoms. The molecule has 1 aliphatic rings. The van der Waals surface area contributed by atoms with Gasteiger partial charge in [-0.1, -0.05) is 6.92 Å². The zero-order chi connectivity index (χ0) is 17.4. The lowest BCUT2D eigenvalue weighted by molar-refractivity contribution is 0.0695. The summed E-state index contributed by atoms with van der Waals surface area (Å²) in [5.74, 6) is -1.80. The average Bonchev–Trinajstić information content (AvgIpc) is 2.57. The second kappa shape index (κ2) is 6.24. The van der Waals surface area contributed by atoms with E-state index < -0.39 is 17.2 Å². The quantitative estimate of drug-likeness (QED) is 0.922. The fraction of sp³-hybridized carbons (Fsp3) is 0.412. The van der Waals surface area contributed by atoms with E-state index in [1.807, 2.05) is 4.90 Å². The highest BCUT2D eigenvalue weighted by Gasteiger charge is 2.21. The number of aromatic nitrogens is 1. The molecule has 1 aromatic carbocycles. The molecule has 1 N–H and O–H groups in total. The minimum absolute atomic E-state index is 0.0887. The van der Waals surface area contributed by atoms with Crippen LogP contribution in [0.25, 0.3) is 10.9 Å². The van der Waals surface area contributed by atoms with Crippen LogP contribution in [0.3, 0.4) is 0 Å². The van der Waals surface area contributed by atoms with Gasteiger partial charge in [-0.2, -0.15) is 0 Å². The van der Waals surface area contributed by atoms with Crippen molar-refractivity contribution < 1.29 is 14.3 Å². The lowest BCUT2D eigenvalue weighted by Crippen LogP contribution is -2.46. The third-order valence-corrected chi connectivity index (χ3v) is 4.65. The number of hydrogen-bond acceptors (Lipinski definition) is 4. The minimum atomic E-state index is -1.31. The molecule has 1 fully saturated rings. The Kier molecular flexibility index (Phi) is 4.28. The molecule has 24 heavy (non-hydrogen) atoms. The number of likely N-dealkylation sites (N-methyl/N-ethyl adjacent to an activating group) is 1. The lowest BCUT2D eigenvalue weighted by atomic mass is 10.1. The summed E-state index contributed by atoms with van der Waals surface area (Å²) in [6, 6.07) is 2.80. The van der Waals surface area contributed by atoms with Crippen LogP contribution in [0.1, 0.15) is 17.3 Å². The number of hydrogen-bond donors (Lipinski definition) is 1. The number of rotatable bonds is 3. The average molecular weight is 333 g/mol. The first-order valence-corrected chi connectivity index (χ1v) is 7.96. The number of carbonyl (C=O) groups is 1. The van der Waals surface area contributed by atoms with Gasteiger partial charge in [0.25, 0.3) is 0 Å². The van der Waals surface area contributed by atoms with Gasteiger partial charge in [-0.3, -0.25) is 4.79 Å². The summed E-state index contributed by atoms with van der Waals surface area (Å²) in [5, 5.41) is 9.19. The van der Waals surface area contributed by atoms with Crippen molar-refractivity contribution in [3.63, 3.8) is 0 Å². The van der Waals surface area contributed by atoms with E-state index in [2.05, 4.69) is 11.8 Å². The Morgan fingerprint density at radius 2 is 1.92 bits per heavy atom. The highest BCUT2D eigenvalue weighted by atomic mass is 19.1. The smallest absolute Gasteiger partial charge is 0.341 e. The molecular formula is C17H20FN3O3. The van der Waals surface area contributed by atoms with Crippen LogP contribution in [0, 0.1) is 5.82 Å². The normalized spacial score (nSPS) is 15.9. The summed E-state index contributed by atoms with van der Waals surface area (Å²) in [6.07, 6.45) is 1.28. The van der Waals surface area contributed by atoms with E-state index in [1.54, 1.807) is 17.7 Å². The van der Waals surface area contributed by atoms with Gasteiger partial charge in [0.05, 0.1) is 11.2 Å². The Morgan fingerprint density at radius 3 is 2.50 bits per heavy atom. The number of benzene rings is 1. The molecule has 0 saturated carbocycles. The van der Waals surface area contributed by atoms with Gasteiger partial charge in [0.1, 0.15) is 11.4 Å². The van der Waals surface area contributed by atoms with Crippen molar-refractivity contribution in [3.8, 4) is 0 Å². The van der Waals surface area contributed by atoms with Crippen LogP contribution in [0.15, 0.2) is 23.1 Å². The van der Waals surface area contributed by atoms with Crippen LogP contribution < -0.4 is 10.3 Å². The Balaban J connectivity index is 2.08. The van der Waals surface area contributed by atoms with Crippen LogP contribution in [-0.2, 0) is 7.05 Å². The molecule has 128 valence electrons. The van der Waals surface area contributed by atoms with Crippen molar-refractivity contribution in [2.24, 2.45) is 7.05 Å². The van der Waals surface area contributed by atoms with Crippen molar-refractivity contribution in [1.82, 2.24) is 9.47 Å². The van der Waals surface area contributed by atoms with E-state index in [1.165, 1.54) is 6.20 Å². The summed E-state index contributed by atoms with van der Waals surface area (Å²) in [4.78, 5) is 27.7. The third kappa shape index (κ3) is 2.75. The number of nitrogens with zero attached hydrogens (tertiary/aromatic N) is 3. The van der Waals surface area contributed by atoms with Crippen LogP contribution in [0.4, 0.5) is 10.1 Å². The number of fused-ring (bicyclic) bond motifs is 1. The molecule has 1 aliphatic heterocycles. The first kappa shape index (κ1) is 16.4. The number of halogens is 1. The van der Waals surface area contributed by atoms with E-state index in [0.29, 0.717) is 11.2 Å². The summed E-state index contributed by atoms with van der Waals surface area (Å²) in [5.41, 5.74) is -0.0267. The summed E-state index contributed by atoms with van der Waals surface area (Å²) >= 11 is 0. The molecule has 1 aromatic heterocycles. The maximum absolute atomic E-state index is 14.6. The van der Waals surface area contributed by atoms with Crippen LogP contribution >= 0.6 is 0 Å². The number of carboxylic acid groups (broad SMARTS) is 1. The van der Waals surface area contributed by atoms with E-state index in [4.69, 9.17) is 5.11 Å². The van der Waals surface area contributed by atoms with Crippen LogP contribution in [0.2, 0.25) is 0 Å². The number of carboxylic acids is 1. The molecule has 0 aliphatic carbocycles. The standard InChI is InChI=1S/C17H20FN3O3/c1-3-20-4-6-21(7-5-20)15-9-14-11(8-13(15)18)16(22)12(17(23)24)10-19(14)2/h8-10H,3-7H2,1-2H3,(H,23,24). The fourth-order valence-electron chi connectivity index (χ4n) is 3.19. The first-order valence-electron chi connectivity index (χ1n) is 7.96. The van der Waals surface area contributed by atoms with Gasteiger partial charge in [-0.05, 0) is 18.7 Å². The van der Waals surface area contributed by atoms with Gasteiger partial charge >= 0.3 is 5.97 Å². The Hall–Kier alpha value is -2.41. The summed E-state index contributed by atoms with van der Waals surface area (Å²) < 4.78 is 16.1. The van der Waals surface area contributed by atoms with Crippen molar-refractivity contribution in [2.75, 3.05) is 37.6 Å². The molecule has 1 saturated heterocycles. The number of aromatic carboxylic acids is 1. The first-order chi connectivity index (χ1) is 11.4. The topological polar surface area (TPSA) is 65.8 Å². The molecule has 0 atom stereocenters. The second-order valence-electron chi connectivity index (χ2n) is 6.03. The Labute approximate surface area is 138 Å². The number of aryl methyl sites for hydroxylation is 1. The maximum Gasteiger partial charge on any atom is 0.341 e. The molecule has 2 heterocycles. The zero-order valence-corrected chi connectivity index (χ0v) is 13.8. The highest BCUT2D eigenvalue weighted by molar-refractivity contribution is 5.93. The summed E-state index contributed by atoms with van der Waals surface area (Å²) in [6.45, 7) is 6.24. The molecular weight excluding hydrogens is 313 g/mol. The molecule has 0 unspecified atom stereocenters. The molecule has 6 nitrogen and oxygen atoms in total. The molecule has 3 rings (SSSR count). The van der Waals surface area contributed by atoms with Gasteiger partial charge in [0, 0.05) is 44.8 Å². The molecule has 2 aromatic rings. The van der Waals surface area contributed by atoms with Gasteiger partial charge in [-0.15, -0.1) is 0 Å². The molecule has 0 radical (unpaired) electrons. The number of pyridine rings is 1. The van der Waals surface area contributed by atoms with Gasteiger partial charge in [0.2, 0.25) is 5.43 Å². The monoisotopic (exact) mass is 333 g/mol. The van der Waals surface area contributed by atoms with Gasteiger partial charge < -0.3 is 19.5 Å². The zero-order valence-electron chi connectivity index (χ0n) is 13.8. The lowest BCUT2D eigenvalue weighted by Gasteiger charge is -2.35.